The van der Waals surface area contributed by atoms with Crippen LogP contribution in [0.4, 0.5) is 0 Å². The normalized spacial score (nSPS) is 11.1. The van der Waals surface area contributed by atoms with E-state index in [0.717, 1.165) is 9.81 Å². The van der Waals surface area contributed by atoms with Crippen LogP contribution >= 0.6 is 15.9 Å². The third kappa shape index (κ3) is 10.8. The maximum absolute atomic E-state index is 3.50. The molecule has 0 saturated carbocycles. The summed E-state index contributed by atoms with van der Waals surface area (Å²) in [7, 11) is 4.64. The first-order valence-corrected chi connectivity index (χ1v) is 6.62. The molecule has 0 bridgehead atoms. The Morgan fingerprint density at radius 3 is 2.00 bits per heavy atom. The zero-order chi connectivity index (χ0) is 10.2. The number of hydrogen-bond donors (Lipinski definition) is 0. The number of quaternary nitrogens is 1. The highest BCUT2D eigenvalue weighted by molar-refractivity contribution is 9.09. The van der Waals surface area contributed by atoms with Crippen molar-refractivity contribution < 1.29 is 16.9 Å². The van der Waals surface area contributed by atoms with Gasteiger partial charge in [-0.15, -0.1) is 0 Å². The molecule has 0 aliphatic carbocycles. The summed E-state index contributed by atoms with van der Waals surface area (Å²) in [4.78, 5) is 0. The average Bonchev–Trinajstić information content (AvgIpc) is 2.04. The van der Waals surface area contributed by atoms with Gasteiger partial charge >= 0.3 is 0 Å². The minimum absolute atomic E-state index is 0. The van der Waals surface area contributed by atoms with E-state index in [1.165, 1.54) is 45.2 Å². The number of hydrogen-bond acceptors (Lipinski definition) is 0. The van der Waals surface area contributed by atoms with Crippen molar-refractivity contribution in [1.29, 1.82) is 0 Å². The smallest absolute Gasteiger partial charge is 0.0880 e. The SMILES string of the molecule is CCCCCCC[N+](C)(C)CCBr.[Cl-]. The number of nitrogens with zero attached hydrogens (tertiary/aromatic N) is 1. The summed E-state index contributed by atoms with van der Waals surface area (Å²) in [6.07, 6.45) is 6.98. The van der Waals surface area contributed by atoms with Crippen LogP contribution in [0.25, 0.3) is 0 Å². The second kappa shape index (κ2) is 10.3. The summed E-state index contributed by atoms with van der Waals surface area (Å²) in [6.45, 7) is 4.84. The Bertz CT molecular complexity index is 118. The van der Waals surface area contributed by atoms with Crippen LogP contribution in [0.15, 0.2) is 0 Å². The van der Waals surface area contributed by atoms with Crippen molar-refractivity contribution in [1.82, 2.24) is 0 Å². The highest BCUT2D eigenvalue weighted by atomic mass is 79.9. The fraction of sp³-hybridized carbons (Fsp3) is 1.00. The maximum Gasteiger partial charge on any atom is 0.0880 e. The molecular weight excluding hydrogens is 261 g/mol. The molecule has 0 rings (SSSR count). The zero-order valence-electron chi connectivity index (χ0n) is 9.86. The molecule has 0 aromatic heterocycles. The third-order valence-corrected chi connectivity index (χ3v) is 2.91. The molecule has 0 spiro atoms. The van der Waals surface area contributed by atoms with Crippen LogP contribution in [-0.4, -0.2) is 37.0 Å². The molecule has 1 nitrogen and oxygen atoms in total. The van der Waals surface area contributed by atoms with E-state index in [-0.39, 0.29) is 12.4 Å². The molecule has 0 aromatic rings. The maximum atomic E-state index is 3.50. The first-order valence-electron chi connectivity index (χ1n) is 5.50. The minimum atomic E-state index is 0. The molecule has 3 heteroatoms. The van der Waals surface area contributed by atoms with Gasteiger partial charge < -0.3 is 16.9 Å². The van der Waals surface area contributed by atoms with Crippen LogP contribution in [0.1, 0.15) is 39.0 Å². The molecule has 0 aliphatic heterocycles. The average molecular weight is 287 g/mol. The van der Waals surface area contributed by atoms with Crippen LogP contribution in [-0.2, 0) is 0 Å². The van der Waals surface area contributed by atoms with Gasteiger partial charge in [-0.25, -0.2) is 0 Å². The lowest BCUT2D eigenvalue weighted by molar-refractivity contribution is -0.887. The predicted molar refractivity (Wildman–Crippen MR) is 64.4 cm³/mol. The van der Waals surface area contributed by atoms with Gasteiger partial charge in [0.15, 0.2) is 0 Å². The molecule has 0 N–H and O–H groups in total. The van der Waals surface area contributed by atoms with Gasteiger partial charge in [0.2, 0.25) is 0 Å². The lowest BCUT2D eigenvalue weighted by atomic mass is 10.1. The van der Waals surface area contributed by atoms with Crippen molar-refractivity contribution >= 4 is 15.9 Å². The topological polar surface area (TPSA) is 0 Å². The Hall–Kier alpha value is 0.730. The lowest BCUT2D eigenvalue weighted by Crippen LogP contribution is -3.00. The first-order chi connectivity index (χ1) is 6.12. The van der Waals surface area contributed by atoms with E-state index in [4.69, 9.17) is 0 Å². The molecule has 0 saturated heterocycles. The number of rotatable bonds is 8. The van der Waals surface area contributed by atoms with Crippen LogP contribution in [0.2, 0.25) is 0 Å². The molecule has 0 unspecified atom stereocenters. The lowest BCUT2D eigenvalue weighted by Gasteiger charge is -2.28. The molecule has 88 valence electrons. The molecule has 14 heavy (non-hydrogen) atoms. The Balaban J connectivity index is 0. The van der Waals surface area contributed by atoms with Crippen LogP contribution in [0, 0.1) is 0 Å². The van der Waals surface area contributed by atoms with Crippen molar-refractivity contribution in [2.75, 3.05) is 32.5 Å². The van der Waals surface area contributed by atoms with E-state index in [1.54, 1.807) is 0 Å². The molecule has 0 heterocycles. The zero-order valence-corrected chi connectivity index (χ0v) is 12.2. The van der Waals surface area contributed by atoms with Crippen molar-refractivity contribution in [3.05, 3.63) is 0 Å². The number of halogens is 2. The number of alkyl halides is 1. The Labute approximate surface area is 104 Å². The van der Waals surface area contributed by atoms with Gasteiger partial charge in [0.1, 0.15) is 0 Å². The van der Waals surface area contributed by atoms with Gasteiger partial charge in [-0.05, 0) is 12.8 Å². The Morgan fingerprint density at radius 1 is 0.929 bits per heavy atom. The van der Waals surface area contributed by atoms with E-state index >= 15 is 0 Å². The van der Waals surface area contributed by atoms with Crippen molar-refractivity contribution in [2.24, 2.45) is 0 Å². The van der Waals surface area contributed by atoms with Crippen molar-refractivity contribution in [3.8, 4) is 0 Å². The molecule has 0 aliphatic rings. The van der Waals surface area contributed by atoms with Gasteiger partial charge in [0, 0.05) is 0 Å². The van der Waals surface area contributed by atoms with E-state index in [0.29, 0.717) is 0 Å². The first kappa shape index (κ1) is 17.1. The molecule has 0 aromatic carbocycles. The molecule has 0 fully saturated rings. The van der Waals surface area contributed by atoms with E-state index in [2.05, 4.69) is 36.9 Å². The van der Waals surface area contributed by atoms with E-state index in [1.807, 2.05) is 0 Å². The van der Waals surface area contributed by atoms with Gasteiger partial charge in [0.25, 0.3) is 0 Å². The van der Waals surface area contributed by atoms with Gasteiger partial charge in [0.05, 0.1) is 32.5 Å². The summed E-state index contributed by atoms with van der Waals surface area (Å²) < 4.78 is 1.16. The summed E-state index contributed by atoms with van der Waals surface area (Å²) in [5, 5.41) is 1.12. The van der Waals surface area contributed by atoms with Crippen molar-refractivity contribution in [3.63, 3.8) is 0 Å². The van der Waals surface area contributed by atoms with E-state index in [9.17, 15) is 0 Å². The predicted octanol–water partition coefficient (Wildman–Crippen LogP) is 0.432. The highest BCUT2D eigenvalue weighted by Gasteiger charge is 2.12. The third-order valence-electron chi connectivity index (χ3n) is 2.56. The van der Waals surface area contributed by atoms with Gasteiger partial charge in [-0.2, -0.15) is 0 Å². The fourth-order valence-corrected chi connectivity index (χ4v) is 2.44. The molecule has 0 amide bonds. The largest absolute Gasteiger partial charge is 1.00 e. The van der Waals surface area contributed by atoms with Gasteiger partial charge in [-0.3, -0.25) is 0 Å². The molecular formula is C11H25BrClN. The summed E-state index contributed by atoms with van der Waals surface area (Å²) in [6, 6.07) is 0. The summed E-state index contributed by atoms with van der Waals surface area (Å²) in [5.74, 6) is 0. The Kier molecular flexibility index (Phi) is 12.6. The fourth-order valence-electron chi connectivity index (χ4n) is 1.48. The highest BCUT2D eigenvalue weighted by Crippen LogP contribution is 2.07. The second-order valence-electron chi connectivity index (χ2n) is 4.49. The monoisotopic (exact) mass is 285 g/mol. The standard InChI is InChI=1S/C11H25BrN.ClH/c1-4-5-6-7-8-10-13(2,3)11-9-12;/h4-11H2,1-3H3;1H/q+1;/p-1. The summed E-state index contributed by atoms with van der Waals surface area (Å²) >= 11 is 3.50. The van der Waals surface area contributed by atoms with E-state index < -0.39 is 0 Å². The second-order valence-corrected chi connectivity index (χ2v) is 5.28. The summed E-state index contributed by atoms with van der Waals surface area (Å²) in [5.41, 5.74) is 0. The molecule has 0 atom stereocenters. The Morgan fingerprint density at radius 2 is 1.50 bits per heavy atom. The van der Waals surface area contributed by atoms with Crippen LogP contribution in [0.5, 0.6) is 0 Å². The van der Waals surface area contributed by atoms with Crippen LogP contribution in [0.3, 0.4) is 0 Å². The van der Waals surface area contributed by atoms with Crippen LogP contribution < -0.4 is 12.4 Å². The quantitative estimate of drug-likeness (QED) is 0.345. The van der Waals surface area contributed by atoms with Crippen molar-refractivity contribution in [2.45, 2.75) is 39.0 Å². The molecule has 0 radical (unpaired) electrons. The number of unbranched alkanes of at least 4 members (excludes halogenated alkanes) is 4. The minimum Gasteiger partial charge on any atom is -1.00 e. The van der Waals surface area contributed by atoms with Gasteiger partial charge in [-0.1, -0.05) is 42.1 Å².